The molecule has 1 unspecified atom stereocenters. The molecule has 1 saturated heterocycles. The van der Waals surface area contributed by atoms with E-state index in [4.69, 9.17) is 4.74 Å². The molecule has 1 aromatic rings. The number of morpholine rings is 1. The highest BCUT2D eigenvalue weighted by Crippen LogP contribution is 2.22. The Bertz CT molecular complexity index is 437. The summed E-state index contributed by atoms with van der Waals surface area (Å²) in [7, 11) is 0. The Hall–Kier alpha value is -1.10. The molecule has 1 fully saturated rings. The molecule has 0 aromatic heterocycles. The van der Waals surface area contributed by atoms with Crippen molar-refractivity contribution in [2.24, 2.45) is 5.41 Å². The van der Waals surface area contributed by atoms with Gasteiger partial charge in [0.15, 0.2) is 0 Å². The van der Waals surface area contributed by atoms with Crippen molar-refractivity contribution in [2.45, 2.75) is 33.4 Å². The lowest BCUT2D eigenvalue weighted by atomic mass is 9.89. The maximum absolute atomic E-state index is 10.1. The number of benzene rings is 1. The Morgan fingerprint density at radius 2 is 1.90 bits per heavy atom. The fourth-order valence-corrected chi connectivity index (χ4v) is 2.42. The van der Waals surface area contributed by atoms with E-state index in [1.165, 1.54) is 11.3 Å². The highest BCUT2D eigenvalue weighted by Gasteiger charge is 2.21. The Balaban J connectivity index is 1.94. The lowest BCUT2D eigenvalue weighted by Crippen LogP contribution is -2.38. The number of hydrogen-bond acceptors (Lipinski definition) is 4. The number of aliphatic hydroxyl groups excluding tert-OH is 1. The summed E-state index contributed by atoms with van der Waals surface area (Å²) in [6.45, 7) is 11.0. The van der Waals surface area contributed by atoms with Crippen LogP contribution in [0.2, 0.25) is 0 Å². The first kappa shape index (κ1) is 16.3. The van der Waals surface area contributed by atoms with Gasteiger partial charge in [0.1, 0.15) is 0 Å². The summed E-state index contributed by atoms with van der Waals surface area (Å²) < 4.78 is 5.42. The van der Waals surface area contributed by atoms with Gasteiger partial charge >= 0.3 is 0 Å². The number of aliphatic hydroxyl groups is 1. The van der Waals surface area contributed by atoms with Gasteiger partial charge in [-0.05, 0) is 17.0 Å². The summed E-state index contributed by atoms with van der Waals surface area (Å²) in [5.74, 6) is 0. The third-order valence-corrected chi connectivity index (χ3v) is 4.00. The molecule has 1 aromatic carbocycles. The van der Waals surface area contributed by atoms with Crippen LogP contribution in [0.25, 0.3) is 0 Å². The SMILES string of the molecule is CC(C)(C)C(O)CNCc1ccccc1N1CCOCC1. The van der Waals surface area contributed by atoms with E-state index in [-0.39, 0.29) is 11.5 Å². The molecule has 1 heterocycles. The molecule has 4 nitrogen and oxygen atoms in total. The van der Waals surface area contributed by atoms with Crippen molar-refractivity contribution in [3.63, 3.8) is 0 Å². The molecule has 118 valence electrons. The smallest absolute Gasteiger partial charge is 0.0712 e. The lowest BCUT2D eigenvalue weighted by Gasteiger charge is -2.31. The molecule has 0 spiro atoms. The Morgan fingerprint density at radius 1 is 1.24 bits per heavy atom. The van der Waals surface area contributed by atoms with Crippen molar-refractivity contribution in [3.8, 4) is 0 Å². The van der Waals surface area contributed by atoms with Crippen molar-refractivity contribution in [1.29, 1.82) is 0 Å². The van der Waals surface area contributed by atoms with Gasteiger partial charge in [0, 0.05) is 31.9 Å². The van der Waals surface area contributed by atoms with Crippen molar-refractivity contribution in [2.75, 3.05) is 37.7 Å². The number of nitrogens with one attached hydrogen (secondary N) is 1. The summed E-state index contributed by atoms with van der Waals surface area (Å²) in [6, 6.07) is 8.48. The van der Waals surface area contributed by atoms with E-state index in [2.05, 4.69) is 55.3 Å². The van der Waals surface area contributed by atoms with Crippen molar-refractivity contribution in [3.05, 3.63) is 29.8 Å². The third-order valence-electron chi connectivity index (χ3n) is 4.00. The van der Waals surface area contributed by atoms with E-state index in [1.54, 1.807) is 0 Å². The molecule has 2 N–H and O–H groups in total. The summed E-state index contributed by atoms with van der Waals surface area (Å²) in [6.07, 6.45) is -0.340. The van der Waals surface area contributed by atoms with Crippen LogP contribution in [0.4, 0.5) is 5.69 Å². The highest BCUT2D eigenvalue weighted by molar-refractivity contribution is 5.53. The fraction of sp³-hybridized carbons (Fsp3) is 0.647. The second-order valence-electron chi connectivity index (χ2n) is 6.74. The van der Waals surface area contributed by atoms with Gasteiger partial charge < -0.3 is 20.1 Å². The summed E-state index contributed by atoms with van der Waals surface area (Å²) in [5, 5.41) is 13.5. The largest absolute Gasteiger partial charge is 0.391 e. The van der Waals surface area contributed by atoms with Gasteiger partial charge in [0.2, 0.25) is 0 Å². The fourth-order valence-electron chi connectivity index (χ4n) is 2.42. The average Bonchev–Trinajstić information content (AvgIpc) is 2.47. The monoisotopic (exact) mass is 292 g/mol. The minimum Gasteiger partial charge on any atom is -0.391 e. The van der Waals surface area contributed by atoms with Gasteiger partial charge in [-0.15, -0.1) is 0 Å². The normalized spacial score (nSPS) is 17.8. The molecule has 1 aliphatic heterocycles. The standard InChI is InChI=1S/C17H28N2O2/c1-17(2,3)16(20)13-18-12-14-6-4-5-7-15(14)19-8-10-21-11-9-19/h4-7,16,18,20H,8-13H2,1-3H3. The average molecular weight is 292 g/mol. The van der Waals surface area contributed by atoms with Crippen LogP contribution < -0.4 is 10.2 Å². The van der Waals surface area contributed by atoms with Gasteiger partial charge in [-0.1, -0.05) is 39.0 Å². The molecule has 21 heavy (non-hydrogen) atoms. The lowest BCUT2D eigenvalue weighted by molar-refractivity contribution is 0.0627. The first-order valence-electron chi connectivity index (χ1n) is 7.78. The van der Waals surface area contributed by atoms with Gasteiger partial charge in [0.05, 0.1) is 19.3 Å². The molecule has 0 aliphatic carbocycles. The molecule has 0 radical (unpaired) electrons. The first-order valence-corrected chi connectivity index (χ1v) is 7.78. The van der Waals surface area contributed by atoms with Crippen molar-refractivity contribution < 1.29 is 9.84 Å². The number of hydrogen-bond donors (Lipinski definition) is 2. The molecule has 1 aliphatic rings. The molecule has 0 bridgehead atoms. The number of para-hydroxylation sites is 1. The van der Waals surface area contributed by atoms with E-state index in [0.717, 1.165) is 32.8 Å². The first-order chi connectivity index (χ1) is 9.98. The molecular weight excluding hydrogens is 264 g/mol. The van der Waals surface area contributed by atoms with Crippen molar-refractivity contribution >= 4 is 5.69 Å². The topological polar surface area (TPSA) is 44.7 Å². The summed E-state index contributed by atoms with van der Waals surface area (Å²) >= 11 is 0. The minimum atomic E-state index is -0.340. The van der Waals surface area contributed by atoms with E-state index in [9.17, 15) is 5.11 Å². The van der Waals surface area contributed by atoms with Crippen LogP contribution >= 0.6 is 0 Å². The van der Waals surface area contributed by atoms with Crippen LogP contribution in [0.3, 0.4) is 0 Å². The van der Waals surface area contributed by atoms with E-state index < -0.39 is 0 Å². The van der Waals surface area contributed by atoms with Crippen LogP contribution in [-0.4, -0.2) is 44.1 Å². The van der Waals surface area contributed by atoms with Crippen LogP contribution in [0.1, 0.15) is 26.3 Å². The van der Waals surface area contributed by atoms with E-state index in [1.807, 2.05) is 0 Å². The van der Waals surface area contributed by atoms with Crippen molar-refractivity contribution in [1.82, 2.24) is 5.32 Å². The Labute approximate surface area is 128 Å². The Kier molecular flexibility index (Phi) is 5.62. The zero-order valence-corrected chi connectivity index (χ0v) is 13.4. The molecule has 0 saturated carbocycles. The number of ether oxygens (including phenoxy) is 1. The van der Waals surface area contributed by atoms with E-state index >= 15 is 0 Å². The maximum Gasteiger partial charge on any atom is 0.0712 e. The number of rotatable bonds is 5. The number of anilines is 1. The zero-order valence-electron chi connectivity index (χ0n) is 13.4. The number of nitrogens with zero attached hydrogens (tertiary/aromatic N) is 1. The maximum atomic E-state index is 10.1. The van der Waals surface area contributed by atoms with Gasteiger partial charge in [-0.3, -0.25) is 0 Å². The molecule has 1 atom stereocenters. The predicted octanol–water partition coefficient (Wildman–Crippen LogP) is 2.02. The van der Waals surface area contributed by atoms with Gasteiger partial charge in [-0.25, -0.2) is 0 Å². The molecule has 2 rings (SSSR count). The second-order valence-corrected chi connectivity index (χ2v) is 6.74. The highest BCUT2D eigenvalue weighted by atomic mass is 16.5. The van der Waals surface area contributed by atoms with Crippen LogP contribution in [-0.2, 0) is 11.3 Å². The summed E-state index contributed by atoms with van der Waals surface area (Å²) in [4.78, 5) is 2.38. The third kappa shape index (κ3) is 4.70. The zero-order chi connectivity index (χ0) is 15.3. The quantitative estimate of drug-likeness (QED) is 0.871. The molecular formula is C17H28N2O2. The molecule has 4 heteroatoms. The minimum absolute atomic E-state index is 0.0866. The van der Waals surface area contributed by atoms with Gasteiger partial charge in [-0.2, -0.15) is 0 Å². The summed E-state index contributed by atoms with van der Waals surface area (Å²) in [5.41, 5.74) is 2.47. The van der Waals surface area contributed by atoms with E-state index in [0.29, 0.717) is 6.54 Å². The molecule has 0 amide bonds. The van der Waals surface area contributed by atoms with Crippen LogP contribution in [0.15, 0.2) is 24.3 Å². The predicted molar refractivity (Wildman–Crippen MR) is 86.6 cm³/mol. The van der Waals surface area contributed by atoms with Gasteiger partial charge in [0.25, 0.3) is 0 Å². The second kappa shape index (κ2) is 7.25. The Morgan fingerprint density at radius 3 is 2.57 bits per heavy atom. The van der Waals surface area contributed by atoms with Crippen LogP contribution in [0, 0.1) is 5.41 Å². The van der Waals surface area contributed by atoms with Crippen LogP contribution in [0.5, 0.6) is 0 Å².